The van der Waals surface area contributed by atoms with Crippen LogP contribution in [0.1, 0.15) is 230 Å². The molecule has 0 saturated heterocycles. The van der Waals surface area contributed by atoms with Crippen LogP contribution in [0.25, 0.3) is 34.9 Å². The van der Waals surface area contributed by atoms with Gasteiger partial charge in [0.15, 0.2) is 11.7 Å². The lowest BCUT2D eigenvalue weighted by Crippen LogP contribution is -2.12. The van der Waals surface area contributed by atoms with E-state index in [-0.39, 0.29) is 22.8 Å². The van der Waals surface area contributed by atoms with Crippen LogP contribution in [-0.2, 0) is 0 Å². The molecule has 11 rings (SSSR count). The van der Waals surface area contributed by atoms with Crippen molar-refractivity contribution in [2.24, 2.45) is 23.7 Å². The van der Waals surface area contributed by atoms with Gasteiger partial charge in [-0.05, 0) is 295 Å². The lowest BCUT2D eigenvalue weighted by Gasteiger charge is -2.28. The molecule has 7 aromatic carbocycles. The molecule has 0 aromatic heterocycles. The molecular formula is C88H103F7. The van der Waals surface area contributed by atoms with Crippen LogP contribution in [0.5, 0.6) is 0 Å². The SMILES string of the molecule is C=Cc1ccc(-c2c(C)c(C)c(C)c(C)c2C)cc1.C=Cc1ccc(C2CCC(C)CC2)cc1.Cc1ccc(/C(F)=C(/F)c2ccc(C3CCC(C/C=C/F)CC3)cc2)cc1.F/C=C/CC1CCC(c2ccc(F)cc2)CC1.F/C=C/CC1CCC(c2ccc(F)cc2)CC1. The predicted molar refractivity (Wildman–Crippen MR) is 391 cm³/mol. The van der Waals surface area contributed by atoms with E-state index in [1.165, 1.54) is 122 Å². The smallest absolute Gasteiger partial charge is 0.166 e. The van der Waals surface area contributed by atoms with E-state index in [9.17, 15) is 30.7 Å². The van der Waals surface area contributed by atoms with Crippen LogP contribution in [0.2, 0.25) is 0 Å². The van der Waals surface area contributed by atoms with Gasteiger partial charge in [0.05, 0.1) is 19.0 Å². The third-order valence-electron chi connectivity index (χ3n) is 21.1. The van der Waals surface area contributed by atoms with Crippen molar-refractivity contribution < 1.29 is 30.7 Å². The maximum Gasteiger partial charge on any atom is 0.166 e. The molecule has 0 heterocycles. The highest BCUT2D eigenvalue weighted by Crippen LogP contribution is 2.42. The second-order valence-corrected chi connectivity index (χ2v) is 27.3. The number of rotatable bonds is 15. The maximum atomic E-state index is 14.5. The summed E-state index contributed by atoms with van der Waals surface area (Å²) in [7, 11) is 0. The van der Waals surface area contributed by atoms with Gasteiger partial charge in [0, 0.05) is 11.1 Å². The van der Waals surface area contributed by atoms with Gasteiger partial charge >= 0.3 is 0 Å². The Morgan fingerprint density at radius 3 is 0.947 bits per heavy atom. The third kappa shape index (κ3) is 22.8. The highest BCUT2D eigenvalue weighted by Gasteiger charge is 2.25. The van der Waals surface area contributed by atoms with Crippen LogP contribution >= 0.6 is 0 Å². The van der Waals surface area contributed by atoms with Crippen molar-refractivity contribution in [1.29, 1.82) is 0 Å². The zero-order valence-electron chi connectivity index (χ0n) is 57.6. The van der Waals surface area contributed by atoms with Gasteiger partial charge in [0.25, 0.3) is 0 Å². The van der Waals surface area contributed by atoms with Crippen LogP contribution in [0.15, 0.2) is 196 Å². The molecule has 7 heteroatoms. The van der Waals surface area contributed by atoms with Gasteiger partial charge in [0.1, 0.15) is 11.6 Å². The highest BCUT2D eigenvalue weighted by molar-refractivity contribution is 5.83. The van der Waals surface area contributed by atoms with E-state index in [2.05, 4.69) is 103 Å². The van der Waals surface area contributed by atoms with E-state index >= 15 is 0 Å². The molecule has 0 nitrogen and oxygen atoms in total. The van der Waals surface area contributed by atoms with E-state index in [4.69, 9.17) is 0 Å². The Labute approximate surface area is 566 Å². The van der Waals surface area contributed by atoms with Crippen LogP contribution in [-0.4, -0.2) is 0 Å². The molecule has 0 aliphatic heterocycles. The first kappa shape index (κ1) is 74.9. The van der Waals surface area contributed by atoms with Crippen LogP contribution < -0.4 is 0 Å². The molecule has 4 fully saturated rings. The van der Waals surface area contributed by atoms with Gasteiger partial charge in [-0.2, -0.15) is 0 Å². The van der Waals surface area contributed by atoms with Crippen LogP contribution in [0, 0.1) is 76.8 Å². The first-order valence-electron chi connectivity index (χ1n) is 34.9. The van der Waals surface area contributed by atoms with E-state index in [1.54, 1.807) is 54.6 Å². The quantitative estimate of drug-likeness (QED) is 0.0709. The topological polar surface area (TPSA) is 0 Å². The fraction of sp³-hybridized carbons (Fsp3) is 0.386. The number of hydrogen-bond acceptors (Lipinski definition) is 0. The average molecular weight is 1290 g/mol. The molecule has 4 aliphatic carbocycles. The Balaban J connectivity index is 0.000000171. The molecule has 0 N–H and O–H groups in total. The standard InChI is InChI=1S/C24H25F3.C19H22.2C15H18F2.C15H20/c1-17-4-8-21(9-5-17)23(26)24(27)22-14-12-20(13-15-22)19-10-6-18(7-11-19)3-2-16-25;1-7-17-8-10-18(11-9-17)19-15(5)13(3)12(2)14(4)16(19)6;2*16-11-1-2-12-3-5-13(6-4-12)14-7-9-15(17)10-8-14;1-3-13-6-10-15(11-7-13)14-8-4-12(2)5-9-14/h2,4-5,8-9,12-16,18-19H,3,6-7,10-11H2,1H3;7-11H,1H2,2-6H3;2*1,7-13H,2-6H2;3,6-7,10-12,14H,1,4-5,8-9H2,2H3/b16-2+,24-23-;;2*11-1+;. The first-order chi connectivity index (χ1) is 45.9. The zero-order chi connectivity index (χ0) is 68.2. The third-order valence-corrected chi connectivity index (χ3v) is 21.1. The summed E-state index contributed by atoms with van der Waals surface area (Å²) in [6.07, 6.45) is 32.0. The summed E-state index contributed by atoms with van der Waals surface area (Å²) in [6, 6.07) is 45.1. The first-order valence-corrected chi connectivity index (χ1v) is 34.9. The molecule has 4 saturated carbocycles. The summed E-state index contributed by atoms with van der Waals surface area (Å²) in [5.41, 5.74) is 18.8. The van der Waals surface area contributed by atoms with Crippen molar-refractivity contribution in [3.05, 3.63) is 285 Å². The summed E-state index contributed by atoms with van der Waals surface area (Å²) in [4.78, 5) is 0. The molecule has 95 heavy (non-hydrogen) atoms. The lowest BCUT2D eigenvalue weighted by molar-refractivity contribution is 0.327. The monoisotopic (exact) mass is 1290 g/mol. The Bertz CT molecular complexity index is 3430. The number of benzene rings is 7. The molecule has 504 valence electrons. The molecule has 4 aliphatic rings. The van der Waals surface area contributed by atoms with Gasteiger partial charge in [-0.1, -0.05) is 190 Å². The zero-order valence-corrected chi connectivity index (χ0v) is 57.6. The van der Waals surface area contributed by atoms with Crippen molar-refractivity contribution in [1.82, 2.24) is 0 Å². The van der Waals surface area contributed by atoms with E-state index < -0.39 is 11.7 Å². The van der Waals surface area contributed by atoms with Gasteiger partial charge in [-0.25, -0.2) is 30.7 Å². The molecule has 0 unspecified atom stereocenters. The van der Waals surface area contributed by atoms with Crippen molar-refractivity contribution >= 4 is 23.8 Å². The van der Waals surface area contributed by atoms with Crippen molar-refractivity contribution in [2.45, 2.75) is 194 Å². The number of aryl methyl sites for hydroxylation is 1. The second-order valence-electron chi connectivity index (χ2n) is 27.3. The largest absolute Gasteiger partial charge is 0.216 e. The van der Waals surface area contributed by atoms with E-state index in [1.807, 2.05) is 55.5 Å². The Morgan fingerprint density at radius 1 is 0.358 bits per heavy atom. The molecule has 0 amide bonds. The average Bonchev–Trinajstić information content (AvgIpc) is 0.824. The number of allylic oxidation sites excluding steroid dienone is 3. The summed E-state index contributed by atoms with van der Waals surface area (Å²) in [5, 5.41) is 0. The molecule has 0 bridgehead atoms. The highest BCUT2D eigenvalue weighted by atomic mass is 19.2. The Morgan fingerprint density at radius 2 is 0.632 bits per heavy atom. The predicted octanol–water partition coefficient (Wildman–Crippen LogP) is 28.0. The Hall–Kier alpha value is -7.51. The van der Waals surface area contributed by atoms with Gasteiger partial charge in [0.2, 0.25) is 0 Å². The summed E-state index contributed by atoms with van der Waals surface area (Å²) >= 11 is 0. The van der Waals surface area contributed by atoms with Crippen LogP contribution in [0.4, 0.5) is 30.7 Å². The normalized spacial score (nSPS) is 21.4. The van der Waals surface area contributed by atoms with Crippen molar-refractivity contribution in [2.75, 3.05) is 0 Å². The van der Waals surface area contributed by atoms with Gasteiger partial charge in [-0.15, -0.1) is 0 Å². The maximum absolute atomic E-state index is 14.5. The minimum Gasteiger partial charge on any atom is -0.216 e. The second kappa shape index (κ2) is 38.9. The van der Waals surface area contributed by atoms with Crippen LogP contribution in [0.3, 0.4) is 0 Å². The Kier molecular flexibility index (Phi) is 30.7. The minimum absolute atomic E-state index is 0.171. The minimum atomic E-state index is -0.829. The molecular weight excluding hydrogens is 1190 g/mol. The fourth-order valence-corrected chi connectivity index (χ4v) is 14.5. The molecule has 0 spiro atoms. The molecule has 0 atom stereocenters. The number of halogens is 7. The number of hydrogen-bond donors (Lipinski definition) is 0. The van der Waals surface area contributed by atoms with Crippen molar-refractivity contribution in [3.8, 4) is 11.1 Å². The van der Waals surface area contributed by atoms with E-state index in [0.29, 0.717) is 54.5 Å². The van der Waals surface area contributed by atoms with Gasteiger partial charge < -0.3 is 0 Å². The fourth-order valence-electron chi connectivity index (χ4n) is 14.5. The summed E-state index contributed by atoms with van der Waals surface area (Å²) in [5.74, 6) is 3.10. The van der Waals surface area contributed by atoms with Crippen molar-refractivity contribution in [3.63, 3.8) is 0 Å². The summed E-state index contributed by atoms with van der Waals surface area (Å²) in [6.45, 7) is 23.0. The van der Waals surface area contributed by atoms with Gasteiger partial charge in [-0.3, -0.25) is 0 Å². The molecule has 7 aromatic rings. The van der Waals surface area contributed by atoms with E-state index in [0.717, 1.165) is 114 Å². The molecule has 0 radical (unpaired) electrons. The summed E-state index contributed by atoms with van der Waals surface area (Å²) < 4.78 is 90.5. The lowest BCUT2D eigenvalue weighted by atomic mass is 9.77.